The van der Waals surface area contributed by atoms with E-state index in [1.165, 1.54) is 0 Å². The van der Waals surface area contributed by atoms with Gasteiger partial charge in [0.15, 0.2) is 0 Å². The minimum absolute atomic E-state index is 0.0740. The highest BCUT2D eigenvalue weighted by Gasteiger charge is 2.37. The zero-order chi connectivity index (χ0) is 17.1. The molecule has 0 bridgehead atoms. The first-order valence-corrected chi connectivity index (χ1v) is 9.13. The number of nitrogens with one attached hydrogen (secondary N) is 1. The Morgan fingerprint density at radius 2 is 1.96 bits per heavy atom. The fourth-order valence-corrected chi connectivity index (χ4v) is 4.67. The number of aliphatic carboxylic acids is 1. The van der Waals surface area contributed by atoms with Gasteiger partial charge in [-0.3, -0.25) is 4.79 Å². The van der Waals surface area contributed by atoms with Crippen molar-refractivity contribution in [2.75, 3.05) is 13.2 Å². The van der Waals surface area contributed by atoms with E-state index in [1.807, 2.05) is 13.0 Å². The Kier molecular flexibility index (Phi) is 5.44. The molecule has 1 aromatic carbocycles. The molecule has 7 heteroatoms. The van der Waals surface area contributed by atoms with Crippen LogP contribution in [0.5, 0.6) is 0 Å². The van der Waals surface area contributed by atoms with E-state index < -0.39 is 21.5 Å². The summed E-state index contributed by atoms with van der Waals surface area (Å²) < 4.78 is 33.6. The van der Waals surface area contributed by atoms with Crippen molar-refractivity contribution in [1.82, 2.24) is 4.72 Å². The normalized spacial score (nSPS) is 17.8. The Balaban J connectivity index is 2.28. The molecule has 2 rings (SSSR count). The number of carboxylic acid groups (broad SMARTS) is 1. The Bertz CT molecular complexity index is 678. The molecule has 0 saturated carbocycles. The lowest BCUT2D eigenvalue weighted by molar-refractivity contribution is -0.137. The summed E-state index contributed by atoms with van der Waals surface area (Å²) in [5, 5.41) is 8.94. The first-order chi connectivity index (χ1) is 10.7. The topological polar surface area (TPSA) is 92.7 Å². The molecule has 1 saturated heterocycles. The maximum atomic E-state index is 12.8. The smallest absolute Gasteiger partial charge is 0.303 e. The number of ether oxygens (including phenoxy) is 1. The summed E-state index contributed by atoms with van der Waals surface area (Å²) in [6.07, 6.45) is 1.14. The van der Waals surface area contributed by atoms with Crippen LogP contribution in [0, 0.1) is 13.8 Å². The standard InChI is InChI=1S/C16H23NO5S/c1-12-3-4-14(13(2)11-12)23(20,21)17-16(6-5-15(18)19)7-9-22-10-8-16/h3-4,11,17H,5-10H2,1-2H3,(H,18,19). The van der Waals surface area contributed by atoms with Crippen LogP contribution in [0.4, 0.5) is 0 Å². The fraction of sp³-hybridized carbons (Fsp3) is 0.562. The van der Waals surface area contributed by atoms with Gasteiger partial charge in [0.2, 0.25) is 10.0 Å². The van der Waals surface area contributed by atoms with Gasteiger partial charge in [-0.25, -0.2) is 13.1 Å². The third-order valence-electron chi connectivity index (χ3n) is 4.24. The molecule has 1 aliphatic heterocycles. The summed E-state index contributed by atoms with van der Waals surface area (Å²) in [7, 11) is -3.71. The van der Waals surface area contributed by atoms with E-state index in [0.717, 1.165) is 5.56 Å². The molecule has 128 valence electrons. The van der Waals surface area contributed by atoms with Crippen LogP contribution in [0.25, 0.3) is 0 Å². The van der Waals surface area contributed by atoms with Crippen LogP contribution in [-0.2, 0) is 19.6 Å². The predicted octanol–water partition coefficient (Wildman–Crippen LogP) is 2.00. The molecule has 0 atom stereocenters. The molecule has 1 aliphatic rings. The fourth-order valence-electron chi connectivity index (χ4n) is 2.95. The molecule has 1 fully saturated rings. The van der Waals surface area contributed by atoms with Gasteiger partial charge < -0.3 is 9.84 Å². The second-order valence-corrected chi connectivity index (χ2v) is 7.81. The van der Waals surface area contributed by atoms with E-state index in [2.05, 4.69) is 4.72 Å². The van der Waals surface area contributed by atoms with Gasteiger partial charge in [-0.15, -0.1) is 0 Å². The van der Waals surface area contributed by atoms with Gasteiger partial charge in [-0.05, 0) is 44.7 Å². The molecule has 0 radical (unpaired) electrons. The predicted molar refractivity (Wildman–Crippen MR) is 85.9 cm³/mol. The van der Waals surface area contributed by atoms with E-state index in [0.29, 0.717) is 31.6 Å². The zero-order valence-corrected chi connectivity index (χ0v) is 14.3. The van der Waals surface area contributed by atoms with Crippen LogP contribution >= 0.6 is 0 Å². The average molecular weight is 341 g/mol. The van der Waals surface area contributed by atoms with Gasteiger partial charge in [0.25, 0.3) is 0 Å². The minimum Gasteiger partial charge on any atom is -0.481 e. The number of sulfonamides is 1. The van der Waals surface area contributed by atoms with Crippen molar-refractivity contribution in [3.63, 3.8) is 0 Å². The maximum Gasteiger partial charge on any atom is 0.303 e. The van der Waals surface area contributed by atoms with Crippen molar-refractivity contribution in [2.24, 2.45) is 0 Å². The first kappa shape index (κ1) is 17.9. The lowest BCUT2D eigenvalue weighted by atomic mass is 9.86. The van der Waals surface area contributed by atoms with Gasteiger partial charge >= 0.3 is 5.97 Å². The SMILES string of the molecule is Cc1ccc(S(=O)(=O)NC2(CCC(=O)O)CCOCC2)c(C)c1. The number of hydrogen-bond acceptors (Lipinski definition) is 4. The molecule has 1 aromatic rings. The Labute approximate surface area is 136 Å². The third-order valence-corrected chi connectivity index (χ3v) is 5.98. The second kappa shape index (κ2) is 6.98. The van der Waals surface area contributed by atoms with Crippen LogP contribution < -0.4 is 4.72 Å². The summed E-state index contributed by atoms with van der Waals surface area (Å²) in [6.45, 7) is 4.52. The molecule has 0 aromatic heterocycles. The molecule has 6 nitrogen and oxygen atoms in total. The molecule has 0 aliphatic carbocycles. The second-order valence-electron chi connectivity index (χ2n) is 6.16. The Morgan fingerprint density at radius 1 is 1.30 bits per heavy atom. The van der Waals surface area contributed by atoms with Crippen molar-refractivity contribution in [1.29, 1.82) is 0 Å². The minimum atomic E-state index is -3.71. The van der Waals surface area contributed by atoms with E-state index in [9.17, 15) is 13.2 Å². The summed E-state index contributed by atoms with van der Waals surface area (Å²) in [6, 6.07) is 5.18. The number of benzene rings is 1. The van der Waals surface area contributed by atoms with Crippen LogP contribution in [0.1, 0.15) is 36.8 Å². The van der Waals surface area contributed by atoms with E-state index in [-0.39, 0.29) is 17.7 Å². The zero-order valence-electron chi connectivity index (χ0n) is 13.5. The first-order valence-electron chi connectivity index (χ1n) is 7.65. The molecule has 23 heavy (non-hydrogen) atoms. The number of rotatable bonds is 6. The van der Waals surface area contributed by atoms with Crippen molar-refractivity contribution >= 4 is 16.0 Å². The number of carbonyl (C=O) groups is 1. The number of carboxylic acids is 1. The Morgan fingerprint density at radius 3 is 2.52 bits per heavy atom. The average Bonchev–Trinajstić information content (AvgIpc) is 2.45. The van der Waals surface area contributed by atoms with E-state index >= 15 is 0 Å². The van der Waals surface area contributed by atoms with Crippen molar-refractivity contribution in [3.05, 3.63) is 29.3 Å². The molecule has 0 amide bonds. The van der Waals surface area contributed by atoms with Gasteiger partial charge in [0.1, 0.15) is 0 Å². The summed E-state index contributed by atoms with van der Waals surface area (Å²) >= 11 is 0. The van der Waals surface area contributed by atoms with Crippen molar-refractivity contribution < 1.29 is 23.1 Å². The van der Waals surface area contributed by atoms with Gasteiger partial charge in [0.05, 0.1) is 4.90 Å². The summed E-state index contributed by atoms with van der Waals surface area (Å²) in [5.41, 5.74) is 0.915. The van der Waals surface area contributed by atoms with Gasteiger partial charge in [-0.1, -0.05) is 17.7 Å². The molecular formula is C16H23NO5S. The molecule has 2 N–H and O–H groups in total. The largest absolute Gasteiger partial charge is 0.481 e. The number of hydrogen-bond donors (Lipinski definition) is 2. The molecular weight excluding hydrogens is 318 g/mol. The molecule has 0 spiro atoms. The third kappa shape index (κ3) is 4.53. The van der Waals surface area contributed by atoms with Gasteiger partial charge in [0, 0.05) is 25.2 Å². The lowest BCUT2D eigenvalue weighted by Gasteiger charge is -2.37. The molecule has 1 heterocycles. The summed E-state index contributed by atoms with van der Waals surface area (Å²) in [5.74, 6) is -0.929. The maximum absolute atomic E-state index is 12.8. The van der Waals surface area contributed by atoms with E-state index in [1.54, 1.807) is 19.1 Å². The van der Waals surface area contributed by atoms with Crippen LogP contribution in [0.3, 0.4) is 0 Å². The van der Waals surface area contributed by atoms with Crippen molar-refractivity contribution in [2.45, 2.75) is 50.0 Å². The highest BCUT2D eigenvalue weighted by Crippen LogP contribution is 2.29. The van der Waals surface area contributed by atoms with E-state index in [4.69, 9.17) is 9.84 Å². The van der Waals surface area contributed by atoms with Crippen LogP contribution in [-0.4, -0.2) is 38.2 Å². The van der Waals surface area contributed by atoms with Crippen LogP contribution in [0.2, 0.25) is 0 Å². The van der Waals surface area contributed by atoms with Gasteiger partial charge in [-0.2, -0.15) is 0 Å². The highest BCUT2D eigenvalue weighted by molar-refractivity contribution is 7.89. The monoisotopic (exact) mass is 341 g/mol. The summed E-state index contributed by atoms with van der Waals surface area (Å²) in [4.78, 5) is 11.1. The van der Waals surface area contributed by atoms with Crippen LogP contribution in [0.15, 0.2) is 23.1 Å². The highest BCUT2D eigenvalue weighted by atomic mass is 32.2. The number of aryl methyl sites for hydroxylation is 2. The molecule has 0 unspecified atom stereocenters. The Hall–Kier alpha value is -1.44. The quantitative estimate of drug-likeness (QED) is 0.825. The lowest BCUT2D eigenvalue weighted by Crippen LogP contribution is -2.52. The van der Waals surface area contributed by atoms with Crippen molar-refractivity contribution in [3.8, 4) is 0 Å².